The number of rotatable bonds is 4. The Kier molecular flexibility index (Phi) is 11.8. The molecule has 0 atom stereocenters. The van der Waals surface area contributed by atoms with E-state index in [-0.39, 0.29) is 11.0 Å². The average Bonchev–Trinajstić information content (AvgIpc) is 3.09. The molecule has 162 valence electrons. The fourth-order valence-electron chi connectivity index (χ4n) is 2.94. The smallest absolute Gasteiger partial charge is 0.277 e. The molecule has 0 radical (unpaired) electrons. The number of aryl methyl sites for hydroxylation is 2. The van der Waals surface area contributed by atoms with E-state index in [1.54, 1.807) is 11.7 Å². The standard InChI is InChI=1S/C18H22N4O.2C2H6.CH5N/c1-5-9-13-14-15(22(4)21-13)16(23)20-17(19-14)18(2,3)12-10-7-6-8-11-12;3*1-2/h6-8,10-11H,5,9H2,1-4H3,(H,19,20,23);2*1-2H3;2H2,1H3. The molecule has 0 aliphatic rings. The van der Waals surface area contributed by atoms with Crippen molar-refractivity contribution in [3.8, 4) is 0 Å². The molecular formula is C23H39N5O. The molecule has 2 aromatic heterocycles. The Bertz CT molecular complexity index is 895. The monoisotopic (exact) mass is 401 g/mol. The largest absolute Gasteiger partial charge is 0.333 e. The van der Waals surface area contributed by atoms with Gasteiger partial charge < -0.3 is 10.7 Å². The molecule has 0 spiro atoms. The highest BCUT2D eigenvalue weighted by Gasteiger charge is 2.27. The molecule has 0 saturated carbocycles. The van der Waals surface area contributed by atoms with Crippen LogP contribution in [-0.4, -0.2) is 26.8 Å². The van der Waals surface area contributed by atoms with Gasteiger partial charge >= 0.3 is 0 Å². The minimum absolute atomic E-state index is 0.133. The lowest BCUT2D eigenvalue weighted by atomic mass is 9.84. The number of benzene rings is 1. The van der Waals surface area contributed by atoms with Crippen molar-refractivity contribution in [3.05, 3.63) is 57.8 Å². The number of H-pyrrole nitrogens is 1. The summed E-state index contributed by atoms with van der Waals surface area (Å²) in [6.45, 7) is 14.2. The number of aromatic amines is 1. The summed E-state index contributed by atoms with van der Waals surface area (Å²) in [4.78, 5) is 20.3. The number of fused-ring (bicyclic) bond motifs is 1. The van der Waals surface area contributed by atoms with Crippen LogP contribution in [0.5, 0.6) is 0 Å². The van der Waals surface area contributed by atoms with E-state index in [0.717, 1.165) is 29.6 Å². The molecule has 29 heavy (non-hydrogen) atoms. The third kappa shape index (κ3) is 6.00. The van der Waals surface area contributed by atoms with E-state index in [1.807, 2.05) is 45.9 Å². The van der Waals surface area contributed by atoms with Crippen molar-refractivity contribution in [2.75, 3.05) is 7.05 Å². The molecule has 0 aliphatic heterocycles. The number of hydrogen-bond donors (Lipinski definition) is 2. The van der Waals surface area contributed by atoms with Crippen LogP contribution in [0, 0.1) is 0 Å². The predicted octanol–water partition coefficient (Wildman–Crippen LogP) is 4.56. The van der Waals surface area contributed by atoms with E-state index < -0.39 is 0 Å². The topological polar surface area (TPSA) is 89.6 Å². The van der Waals surface area contributed by atoms with E-state index >= 15 is 0 Å². The third-order valence-corrected chi connectivity index (χ3v) is 4.34. The van der Waals surface area contributed by atoms with Crippen LogP contribution in [0.1, 0.15) is 72.0 Å². The lowest BCUT2D eigenvalue weighted by Crippen LogP contribution is -2.26. The third-order valence-electron chi connectivity index (χ3n) is 4.34. The van der Waals surface area contributed by atoms with Gasteiger partial charge in [0.25, 0.3) is 5.56 Å². The van der Waals surface area contributed by atoms with Gasteiger partial charge in [-0.15, -0.1) is 0 Å². The summed E-state index contributed by atoms with van der Waals surface area (Å²) in [7, 11) is 3.29. The quantitative estimate of drug-likeness (QED) is 0.670. The maximum absolute atomic E-state index is 12.6. The predicted molar refractivity (Wildman–Crippen MR) is 125 cm³/mol. The number of aromatic nitrogens is 4. The molecule has 0 amide bonds. The van der Waals surface area contributed by atoms with Gasteiger partial charge in [0.2, 0.25) is 0 Å². The average molecular weight is 402 g/mol. The molecule has 3 aromatic rings. The van der Waals surface area contributed by atoms with Crippen LogP contribution in [0.25, 0.3) is 11.0 Å². The van der Waals surface area contributed by atoms with E-state index in [0.29, 0.717) is 11.3 Å². The van der Waals surface area contributed by atoms with Crippen molar-refractivity contribution in [1.82, 2.24) is 19.7 Å². The summed E-state index contributed by atoms with van der Waals surface area (Å²) in [5, 5.41) is 4.47. The fourth-order valence-corrected chi connectivity index (χ4v) is 2.94. The van der Waals surface area contributed by atoms with Gasteiger partial charge in [-0.2, -0.15) is 5.10 Å². The van der Waals surface area contributed by atoms with E-state index in [1.165, 1.54) is 7.05 Å². The lowest BCUT2D eigenvalue weighted by Gasteiger charge is -2.24. The Morgan fingerprint density at radius 3 is 2.14 bits per heavy atom. The number of nitrogens with two attached hydrogens (primary N) is 1. The second kappa shape index (κ2) is 12.9. The van der Waals surface area contributed by atoms with E-state index in [9.17, 15) is 4.79 Å². The second-order valence-corrected chi connectivity index (χ2v) is 6.42. The first-order valence-electron chi connectivity index (χ1n) is 10.5. The zero-order chi connectivity index (χ0) is 22.6. The zero-order valence-electron chi connectivity index (χ0n) is 19.6. The highest BCUT2D eigenvalue weighted by Crippen LogP contribution is 2.29. The summed E-state index contributed by atoms with van der Waals surface area (Å²) in [5.41, 5.74) is 7.25. The maximum atomic E-state index is 12.6. The molecular weight excluding hydrogens is 362 g/mol. The maximum Gasteiger partial charge on any atom is 0.277 e. The van der Waals surface area contributed by atoms with Gasteiger partial charge in [-0.3, -0.25) is 9.48 Å². The number of nitrogens with one attached hydrogen (secondary N) is 1. The van der Waals surface area contributed by atoms with Crippen LogP contribution in [0.4, 0.5) is 0 Å². The Hall–Kier alpha value is -2.47. The summed E-state index contributed by atoms with van der Waals surface area (Å²) < 4.78 is 1.63. The molecule has 6 nitrogen and oxygen atoms in total. The van der Waals surface area contributed by atoms with Crippen molar-refractivity contribution in [2.45, 2.75) is 66.7 Å². The van der Waals surface area contributed by atoms with Gasteiger partial charge in [-0.1, -0.05) is 71.4 Å². The molecule has 0 unspecified atom stereocenters. The zero-order valence-corrected chi connectivity index (χ0v) is 19.6. The van der Waals surface area contributed by atoms with Crippen LogP contribution in [0.2, 0.25) is 0 Å². The molecule has 2 heterocycles. The first kappa shape index (κ1) is 26.5. The second-order valence-electron chi connectivity index (χ2n) is 6.42. The summed E-state index contributed by atoms with van der Waals surface area (Å²) in [6, 6.07) is 10.1. The highest BCUT2D eigenvalue weighted by atomic mass is 16.1. The van der Waals surface area contributed by atoms with Gasteiger partial charge in [0.05, 0.1) is 5.69 Å². The van der Waals surface area contributed by atoms with Crippen molar-refractivity contribution >= 4 is 11.0 Å². The molecule has 3 rings (SSSR count). The molecule has 0 fully saturated rings. The molecule has 0 bridgehead atoms. The number of hydrogen-bond acceptors (Lipinski definition) is 4. The minimum atomic E-state index is -0.381. The fraction of sp³-hybridized carbons (Fsp3) is 0.522. The van der Waals surface area contributed by atoms with Gasteiger partial charge in [0, 0.05) is 12.5 Å². The molecule has 0 aliphatic carbocycles. The SMILES string of the molecule is CC.CC.CCCc1nn(C)c2c(=O)[nH]c(C(C)(C)c3ccccc3)nc12.CN. The van der Waals surface area contributed by atoms with Crippen LogP contribution in [0.3, 0.4) is 0 Å². The van der Waals surface area contributed by atoms with Crippen molar-refractivity contribution < 1.29 is 0 Å². The van der Waals surface area contributed by atoms with Gasteiger partial charge in [-0.05, 0) is 32.9 Å². The van der Waals surface area contributed by atoms with Crippen LogP contribution in [0.15, 0.2) is 35.1 Å². The van der Waals surface area contributed by atoms with Crippen molar-refractivity contribution in [2.24, 2.45) is 12.8 Å². The summed E-state index contributed by atoms with van der Waals surface area (Å²) >= 11 is 0. The molecule has 0 saturated heterocycles. The summed E-state index contributed by atoms with van der Waals surface area (Å²) in [6.07, 6.45) is 1.79. The Morgan fingerprint density at radius 2 is 1.62 bits per heavy atom. The molecule has 3 N–H and O–H groups in total. The van der Waals surface area contributed by atoms with Crippen LogP contribution >= 0.6 is 0 Å². The van der Waals surface area contributed by atoms with Crippen molar-refractivity contribution in [3.63, 3.8) is 0 Å². The van der Waals surface area contributed by atoms with Gasteiger partial charge in [0.15, 0.2) is 5.52 Å². The Balaban J connectivity index is 0.00000120. The Labute approximate surface area is 175 Å². The number of nitrogens with zero attached hydrogens (tertiary/aromatic N) is 3. The molecule has 1 aromatic carbocycles. The summed E-state index contributed by atoms with van der Waals surface area (Å²) in [5.74, 6) is 0.673. The van der Waals surface area contributed by atoms with Crippen LogP contribution in [-0.2, 0) is 18.9 Å². The minimum Gasteiger partial charge on any atom is -0.333 e. The first-order valence-corrected chi connectivity index (χ1v) is 10.5. The van der Waals surface area contributed by atoms with Crippen LogP contribution < -0.4 is 11.3 Å². The van der Waals surface area contributed by atoms with Crippen molar-refractivity contribution in [1.29, 1.82) is 0 Å². The van der Waals surface area contributed by atoms with E-state index in [2.05, 4.69) is 48.7 Å². The lowest BCUT2D eigenvalue weighted by molar-refractivity contribution is 0.590. The van der Waals surface area contributed by atoms with Gasteiger partial charge in [-0.25, -0.2) is 4.98 Å². The first-order chi connectivity index (χ1) is 13.9. The van der Waals surface area contributed by atoms with E-state index in [4.69, 9.17) is 4.98 Å². The Morgan fingerprint density at radius 1 is 1.07 bits per heavy atom. The molecule has 6 heteroatoms. The normalized spacial score (nSPS) is 10.1. The van der Waals surface area contributed by atoms with Gasteiger partial charge in [0.1, 0.15) is 11.3 Å². The highest BCUT2D eigenvalue weighted by molar-refractivity contribution is 5.76.